The van der Waals surface area contributed by atoms with Gasteiger partial charge in [-0.15, -0.1) is 0 Å². The molecule has 5 heteroatoms. The number of piperazine rings is 1. The average molecular weight is 268 g/mol. The maximum Gasteiger partial charge on any atom is 0.248 e. The molecule has 0 aromatic carbocycles. The van der Waals surface area contributed by atoms with Gasteiger partial charge < -0.3 is 15.0 Å². The van der Waals surface area contributed by atoms with Gasteiger partial charge in [0, 0.05) is 19.8 Å². The first-order valence-corrected chi connectivity index (χ1v) is 7.29. The normalized spacial score (nSPS) is 26.6. The summed E-state index contributed by atoms with van der Waals surface area (Å²) in [6.07, 6.45) is 3.30. The first-order chi connectivity index (χ1) is 9.11. The largest absolute Gasteiger partial charge is 0.381 e. The highest BCUT2D eigenvalue weighted by Gasteiger charge is 2.43. The zero-order valence-corrected chi connectivity index (χ0v) is 11.9. The van der Waals surface area contributed by atoms with Crippen molar-refractivity contribution in [2.75, 3.05) is 26.3 Å². The molecule has 2 aliphatic rings. The van der Waals surface area contributed by atoms with E-state index in [0.29, 0.717) is 25.3 Å². The molecule has 2 fully saturated rings. The van der Waals surface area contributed by atoms with Gasteiger partial charge in [0.1, 0.15) is 5.54 Å². The molecule has 2 rings (SSSR count). The number of ether oxygens (including phenoxy) is 1. The zero-order chi connectivity index (χ0) is 13.9. The molecule has 2 saturated heterocycles. The highest BCUT2D eigenvalue weighted by atomic mass is 16.5. The van der Waals surface area contributed by atoms with E-state index in [1.165, 1.54) is 0 Å². The Morgan fingerprint density at radius 2 is 2.11 bits per heavy atom. The van der Waals surface area contributed by atoms with Gasteiger partial charge in [-0.2, -0.15) is 0 Å². The number of carbonyl (C=O) groups is 2. The van der Waals surface area contributed by atoms with Crippen molar-refractivity contribution in [3.8, 4) is 0 Å². The first-order valence-electron chi connectivity index (χ1n) is 7.29. The molecular weight excluding hydrogens is 244 g/mol. The molecule has 0 aromatic rings. The minimum Gasteiger partial charge on any atom is -0.381 e. The third-order valence-electron chi connectivity index (χ3n) is 4.45. The fourth-order valence-corrected chi connectivity index (χ4v) is 2.97. The summed E-state index contributed by atoms with van der Waals surface area (Å²) < 4.78 is 5.35. The molecule has 0 aliphatic carbocycles. The molecule has 2 amide bonds. The smallest absolute Gasteiger partial charge is 0.248 e. The van der Waals surface area contributed by atoms with Crippen LogP contribution in [0.4, 0.5) is 0 Å². The maximum atomic E-state index is 12.5. The quantitative estimate of drug-likeness (QED) is 0.807. The Bertz CT molecular complexity index is 347. The molecule has 2 heterocycles. The van der Waals surface area contributed by atoms with Crippen molar-refractivity contribution < 1.29 is 14.3 Å². The van der Waals surface area contributed by atoms with Crippen molar-refractivity contribution in [3.63, 3.8) is 0 Å². The number of nitrogens with one attached hydrogen (secondary N) is 1. The molecule has 2 aliphatic heterocycles. The molecule has 0 saturated carbocycles. The predicted molar refractivity (Wildman–Crippen MR) is 71.6 cm³/mol. The van der Waals surface area contributed by atoms with Crippen LogP contribution >= 0.6 is 0 Å². The lowest BCUT2D eigenvalue weighted by Crippen LogP contribution is -2.66. The Balaban J connectivity index is 1.98. The lowest BCUT2D eigenvalue weighted by atomic mass is 9.88. The van der Waals surface area contributed by atoms with Gasteiger partial charge in [-0.3, -0.25) is 9.59 Å². The average Bonchev–Trinajstić information content (AvgIpc) is 2.92. The van der Waals surface area contributed by atoms with Crippen molar-refractivity contribution >= 4 is 11.8 Å². The summed E-state index contributed by atoms with van der Waals surface area (Å²) in [6, 6.07) is 0. The summed E-state index contributed by atoms with van der Waals surface area (Å²) in [5.74, 6) is 0.581. The SMILES string of the molecule is CCC1(CC)NC(=O)CN(CCC2CCOC2)C1=O. The molecule has 1 N–H and O–H groups in total. The molecule has 1 unspecified atom stereocenters. The van der Waals surface area contributed by atoms with Gasteiger partial charge in [-0.25, -0.2) is 0 Å². The van der Waals surface area contributed by atoms with Crippen LogP contribution in [0.3, 0.4) is 0 Å². The Morgan fingerprint density at radius 3 is 2.68 bits per heavy atom. The van der Waals surface area contributed by atoms with Crippen molar-refractivity contribution in [2.45, 2.75) is 45.1 Å². The van der Waals surface area contributed by atoms with Crippen LogP contribution < -0.4 is 5.32 Å². The summed E-state index contributed by atoms with van der Waals surface area (Å²) >= 11 is 0. The monoisotopic (exact) mass is 268 g/mol. The maximum absolute atomic E-state index is 12.5. The van der Waals surface area contributed by atoms with Crippen LogP contribution in [0.1, 0.15) is 39.5 Å². The highest BCUT2D eigenvalue weighted by molar-refractivity contribution is 5.97. The number of hydrogen-bond donors (Lipinski definition) is 1. The number of amides is 2. The van der Waals surface area contributed by atoms with Crippen LogP contribution in [0.2, 0.25) is 0 Å². The molecule has 0 spiro atoms. The summed E-state index contributed by atoms with van der Waals surface area (Å²) in [7, 11) is 0. The van der Waals surface area contributed by atoms with E-state index < -0.39 is 5.54 Å². The van der Waals surface area contributed by atoms with Crippen LogP contribution in [0.15, 0.2) is 0 Å². The fourth-order valence-electron chi connectivity index (χ4n) is 2.97. The molecule has 0 bridgehead atoms. The van der Waals surface area contributed by atoms with E-state index in [2.05, 4.69) is 5.32 Å². The minimum atomic E-state index is -0.679. The highest BCUT2D eigenvalue weighted by Crippen LogP contribution is 2.24. The summed E-state index contributed by atoms with van der Waals surface area (Å²) in [5.41, 5.74) is -0.679. The molecular formula is C14H24N2O3. The van der Waals surface area contributed by atoms with E-state index in [4.69, 9.17) is 4.74 Å². The second-order valence-corrected chi connectivity index (χ2v) is 5.58. The predicted octanol–water partition coefficient (Wildman–Crippen LogP) is 0.930. The van der Waals surface area contributed by atoms with E-state index in [9.17, 15) is 9.59 Å². The first kappa shape index (κ1) is 14.3. The third kappa shape index (κ3) is 2.91. The van der Waals surface area contributed by atoms with E-state index in [1.807, 2.05) is 13.8 Å². The number of hydrogen-bond acceptors (Lipinski definition) is 3. The van der Waals surface area contributed by atoms with Gasteiger partial charge in [0.2, 0.25) is 11.8 Å². The van der Waals surface area contributed by atoms with E-state index >= 15 is 0 Å². The summed E-state index contributed by atoms with van der Waals surface area (Å²) in [5, 5.41) is 2.88. The van der Waals surface area contributed by atoms with Crippen LogP contribution in [-0.4, -0.2) is 48.6 Å². The Kier molecular flexibility index (Phi) is 4.45. The number of nitrogens with zero attached hydrogens (tertiary/aromatic N) is 1. The summed E-state index contributed by atoms with van der Waals surface area (Å²) in [4.78, 5) is 26.1. The second kappa shape index (κ2) is 5.90. The minimum absolute atomic E-state index is 0.0361. The van der Waals surface area contributed by atoms with Crippen LogP contribution in [0.5, 0.6) is 0 Å². The van der Waals surface area contributed by atoms with Gasteiger partial charge in [0.05, 0.1) is 6.54 Å². The second-order valence-electron chi connectivity index (χ2n) is 5.58. The van der Waals surface area contributed by atoms with Crippen molar-refractivity contribution in [3.05, 3.63) is 0 Å². The molecule has 1 atom stereocenters. The van der Waals surface area contributed by atoms with Gasteiger partial charge in [-0.05, 0) is 31.6 Å². The Labute approximate surface area is 114 Å². The molecule has 0 aromatic heterocycles. The lowest BCUT2D eigenvalue weighted by Gasteiger charge is -2.41. The van der Waals surface area contributed by atoms with Crippen LogP contribution in [0, 0.1) is 5.92 Å². The molecule has 5 nitrogen and oxygen atoms in total. The number of carbonyl (C=O) groups excluding carboxylic acids is 2. The van der Waals surface area contributed by atoms with Gasteiger partial charge in [-0.1, -0.05) is 13.8 Å². The molecule has 0 radical (unpaired) electrons. The lowest BCUT2D eigenvalue weighted by molar-refractivity contribution is -0.150. The topological polar surface area (TPSA) is 58.6 Å². The standard InChI is InChI=1S/C14H24N2O3/c1-3-14(4-2)13(18)16(9-12(17)15-14)7-5-11-6-8-19-10-11/h11H,3-10H2,1-2H3,(H,15,17). The number of rotatable bonds is 5. The molecule has 108 valence electrons. The van der Waals surface area contributed by atoms with E-state index in [-0.39, 0.29) is 18.4 Å². The van der Waals surface area contributed by atoms with Crippen LogP contribution in [0.25, 0.3) is 0 Å². The Morgan fingerprint density at radius 1 is 1.37 bits per heavy atom. The van der Waals surface area contributed by atoms with Gasteiger partial charge in [0.15, 0.2) is 0 Å². The van der Waals surface area contributed by atoms with Crippen LogP contribution in [-0.2, 0) is 14.3 Å². The fraction of sp³-hybridized carbons (Fsp3) is 0.857. The van der Waals surface area contributed by atoms with Gasteiger partial charge >= 0.3 is 0 Å². The van der Waals surface area contributed by atoms with Crippen molar-refractivity contribution in [1.29, 1.82) is 0 Å². The van der Waals surface area contributed by atoms with E-state index in [0.717, 1.165) is 26.1 Å². The summed E-state index contributed by atoms with van der Waals surface area (Å²) in [6.45, 7) is 6.40. The van der Waals surface area contributed by atoms with Crippen molar-refractivity contribution in [2.24, 2.45) is 5.92 Å². The van der Waals surface area contributed by atoms with Crippen molar-refractivity contribution in [1.82, 2.24) is 10.2 Å². The third-order valence-corrected chi connectivity index (χ3v) is 4.45. The molecule has 19 heavy (non-hydrogen) atoms. The zero-order valence-electron chi connectivity index (χ0n) is 11.9. The Hall–Kier alpha value is -1.10. The van der Waals surface area contributed by atoms with E-state index in [1.54, 1.807) is 4.90 Å². The van der Waals surface area contributed by atoms with Gasteiger partial charge in [0.25, 0.3) is 0 Å².